The molecule has 7 nitrogen and oxygen atoms in total. The van der Waals surface area contributed by atoms with E-state index in [0.29, 0.717) is 53.3 Å². The Hall–Kier alpha value is -2.73. The first-order chi connectivity index (χ1) is 17.5. The van der Waals surface area contributed by atoms with Gasteiger partial charge < -0.3 is 0 Å². The van der Waals surface area contributed by atoms with Crippen molar-refractivity contribution < 1.29 is 0 Å². The molecule has 5 heterocycles. The highest BCUT2D eigenvalue weighted by Gasteiger charge is 2.21. The quantitative estimate of drug-likeness (QED) is 0.162. The maximum Gasteiger partial charge on any atom is 0.142 e. The van der Waals surface area contributed by atoms with E-state index in [1.165, 1.54) is 0 Å². The second-order valence-corrected chi connectivity index (χ2v) is 10.5. The molecule has 0 aliphatic carbocycles. The van der Waals surface area contributed by atoms with Gasteiger partial charge in [0.05, 0.1) is 0 Å². The zero-order valence-corrected chi connectivity index (χ0v) is 24.6. The second-order valence-electron chi connectivity index (χ2n) is 7.30. The minimum atomic E-state index is 0.624. The van der Waals surface area contributed by atoms with Crippen LogP contribution in [0, 0.1) is 0 Å². The molecule has 0 aliphatic heterocycles. The molecular weight excluding hydrogens is 718 g/mol. The van der Waals surface area contributed by atoms with Crippen LogP contribution < -0.4 is 9.80 Å². The molecule has 0 bridgehead atoms. The fourth-order valence-corrected chi connectivity index (χ4v) is 4.79. The standard InChI is InChI=1S/C25H15Br4N7/c26-16-6-1-10-20(30-16)35(21-11-2-7-17(27)31-21)24-14-5-15-25(34-24)36(22-12-3-8-18(28)32-22)23-13-4-9-19(29)33-23/h1-15H. The topological polar surface area (TPSA) is 70.9 Å². The number of nitrogens with zero attached hydrogens (tertiary/aromatic N) is 7. The van der Waals surface area contributed by atoms with Gasteiger partial charge in [0.1, 0.15) is 53.3 Å². The Labute approximate surface area is 241 Å². The number of hydrogen-bond acceptors (Lipinski definition) is 7. The van der Waals surface area contributed by atoms with Gasteiger partial charge in [0.2, 0.25) is 0 Å². The zero-order chi connectivity index (χ0) is 25.1. The summed E-state index contributed by atoms with van der Waals surface area (Å²) in [5, 5.41) is 0. The molecule has 0 amide bonds. The van der Waals surface area contributed by atoms with E-state index in [1.807, 2.05) is 101 Å². The van der Waals surface area contributed by atoms with E-state index in [2.05, 4.69) is 83.7 Å². The first kappa shape index (κ1) is 24.9. The number of halogens is 4. The lowest BCUT2D eigenvalue weighted by Gasteiger charge is -2.26. The summed E-state index contributed by atoms with van der Waals surface area (Å²) in [6.07, 6.45) is 0. The SMILES string of the molecule is Brc1cccc(N(c2cccc(Br)n2)c2cccc(N(c3cccc(Br)n3)c3cccc(Br)n3)n2)n1. The summed E-state index contributed by atoms with van der Waals surface area (Å²) in [6.45, 7) is 0. The number of rotatable bonds is 6. The van der Waals surface area contributed by atoms with E-state index in [0.717, 1.165) is 0 Å². The molecule has 0 spiro atoms. The van der Waals surface area contributed by atoms with Crippen molar-refractivity contribution in [3.63, 3.8) is 0 Å². The highest BCUT2D eigenvalue weighted by Crippen LogP contribution is 2.36. The van der Waals surface area contributed by atoms with Gasteiger partial charge in [-0.3, -0.25) is 9.80 Å². The number of hydrogen-bond donors (Lipinski definition) is 0. The average molecular weight is 733 g/mol. The summed E-state index contributed by atoms with van der Waals surface area (Å²) < 4.78 is 2.81. The molecule has 0 fully saturated rings. The van der Waals surface area contributed by atoms with Crippen molar-refractivity contribution in [2.75, 3.05) is 9.80 Å². The minimum Gasteiger partial charge on any atom is -0.262 e. The summed E-state index contributed by atoms with van der Waals surface area (Å²) in [4.78, 5) is 27.5. The molecule has 0 N–H and O–H groups in total. The maximum absolute atomic E-state index is 5.03. The van der Waals surface area contributed by atoms with E-state index < -0.39 is 0 Å². The molecule has 0 aromatic carbocycles. The predicted octanol–water partition coefficient (Wildman–Crippen LogP) is 8.65. The number of pyridine rings is 5. The first-order valence-electron chi connectivity index (χ1n) is 10.6. The van der Waals surface area contributed by atoms with Crippen LogP contribution in [-0.4, -0.2) is 24.9 Å². The molecule has 178 valence electrons. The Morgan fingerprint density at radius 2 is 0.556 bits per heavy atom. The Balaban J connectivity index is 1.69. The van der Waals surface area contributed by atoms with Crippen LogP contribution in [0.5, 0.6) is 0 Å². The summed E-state index contributed by atoms with van der Waals surface area (Å²) >= 11 is 13.9. The third-order valence-corrected chi connectivity index (χ3v) is 6.66. The van der Waals surface area contributed by atoms with Crippen LogP contribution in [0.15, 0.2) is 109 Å². The van der Waals surface area contributed by atoms with Crippen LogP contribution in [0.3, 0.4) is 0 Å². The van der Waals surface area contributed by atoms with Gasteiger partial charge in [-0.25, -0.2) is 24.9 Å². The molecule has 11 heteroatoms. The number of aromatic nitrogens is 5. The van der Waals surface area contributed by atoms with Gasteiger partial charge >= 0.3 is 0 Å². The highest BCUT2D eigenvalue weighted by atomic mass is 79.9. The van der Waals surface area contributed by atoms with Crippen molar-refractivity contribution in [3.8, 4) is 0 Å². The highest BCUT2D eigenvalue weighted by molar-refractivity contribution is 9.11. The molecule has 0 atom stereocenters. The lowest BCUT2D eigenvalue weighted by molar-refractivity contribution is 1.04. The Bertz CT molecular complexity index is 1330. The molecule has 5 aromatic rings. The predicted molar refractivity (Wildman–Crippen MR) is 156 cm³/mol. The van der Waals surface area contributed by atoms with Crippen LogP contribution in [0.4, 0.5) is 34.9 Å². The van der Waals surface area contributed by atoms with E-state index in [1.54, 1.807) is 0 Å². The van der Waals surface area contributed by atoms with Crippen molar-refractivity contribution in [1.82, 2.24) is 24.9 Å². The maximum atomic E-state index is 5.03. The molecule has 5 aromatic heterocycles. The minimum absolute atomic E-state index is 0.624. The van der Waals surface area contributed by atoms with E-state index in [9.17, 15) is 0 Å². The van der Waals surface area contributed by atoms with Gasteiger partial charge in [0.15, 0.2) is 0 Å². The van der Waals surface area contributed by atoms with Crippen LogP contribution in [0.25, 0.3) is 0 Å². The molecular formula is C25H15Br4N7. The van der Waals surface area contributed by atoms with Crippen molar-refractivity contribution in [1.29, 1.82) is 0 Å². The molecule has 36 heavy (non-hydrogen) atoms. The average Bonchev–Trinajstić information content (AvgIpc) is 2.85. The Morgan fingerprint density at radius 1 is 0.333 bits per heavy atom. The lowest BCUT2D eigenvalue weighted by Crippen LogP contribution is -2.18. The van der Waals surface area contributed by atoms with Crippen molar-refractivity contribution in [2.24, 2.45) is 0 Å². The monoisotopic (exact) mass is 729 g/mol. The van der Waals surface area contributed by atoms with Crippen molar-refractivity contribution >= 4 is 98.6 Å². The Kier molecular flexibility index (Phi) is 7.70. The molecule has 0 saturated carbocycles. The van der Waals surface area contributed by atoms with E-state index in [-0.39, 0.29) is 0 Å². The molecule has 0 unspecified atom stereocenters. The van der Waals surface area contributed by atoms with Crippen molar-refractivity contribution in [3.05, 3.63) is 109 Å². The van der Waals surface area contributed by atoms with E-state index in [4.69, 9.17) is 4.98 Å². The Morgan fingerprint density at radius 3 is 0.806 bits per heavy atom. The lowest BCUT2D eigenvalue weighted by atomic mass is 10.3. The zero-order valence-electron chi connectivity index (χ0n) is 18.3. The number of anilines is 6. The van der Waals surface area contributed by atoms with Gasteiger partial charge in [0, 0.05) is 0 Å². The summed E-state index contributed by atoms with van der Waals surface area (Å²) in [6, 6.07) is 28.6. The smallest absolute Gasteiger partial charge is 0.142 e. The van der Waals surface area contributed by atoms with E-state index >= 15 is 0 Å². The van der Waals surface area contributed by atoms with Crippen LogP contribution >= 0.6 is 63.7 Å². The summed E-state index contributed by atoms with van der Waals surface area (Å²) in [5.74, 6) is 3.89. The van der Waals surface area contributed by atoms with Gasteiger partial charge in [-0.2, -0.15) is 0 Å². The molecule has 0 aliphatic rings. The molecule has 0 radical (unpaired) electrons. The normalized spacial score (nSPS) is 10.8. The van der Waals surface area contributed by atoms with Crippen molar-refractivity contribution in [2.45, 2.75) is 0 Å². The summed E-state index contributed by atoms with van der Waals surface area (Å²) in [7, 11) is 0. The first-order valence-corrected chi connectivity index (χ1v) is 13.7. The van der Waals surface area contributed by atoms with Gasteiger partial charge in [-0.1, -0.05) is 30.3 Å². The third-order valence-electron chi connectivity index (χ3n) is 4.90. The van der Waals surface area contributed by atoms with Gasteiger partial charge in [0.25, 0.3) is 0 Å². The van der Waals surface area contributed by atoms with Gasteiger partial charge in [-0.05, 0) is 124 Å². The third kappa shape index (κ3) is 5.64. The largest absolute Gasteiger partial charge is 0.262 e. The van der Waals surface area contributed by atoms with Gasteiger partial charge in [-0.15, -0.1) is 0 Å². The van der Waals surface area contributed by atoms with Crippen LogP contribution in [-0.2, 0) is 0 Å². The molecule has 5 rings (SSSR count). The molecule has 0 saturated heterocycles. The fraction of sp³-hybridized carbons (Fsp3) is 0. The van der Waals surface area contributed by atoms with Crippen LogP contribution in [0.2, 0.25) is 0 Å². The fourth-order valence-electron chi connectivity index (χ4n) is 3.45. The van der Waals surface area contributed by atoms with Crippen LogP contribution in [0.1, 0.15) is 0 Å². The summed E-state index contributed by atoms with van der Waals surface area (Å²) in [5.41, 5.74) is 0. The second kappa shape index (κ2) is 11.1.